The van der Waals surface area contributed by atoms with Crippen molar-refractivity contribution < 1.29 is 9.53 Å². The topological polar surface area (TPSA) is 78.3 Å². The first kappa shape index (κ1) is 13.2. The molecule has 0 aliphatic rings. The summed E-state index contributed by atoms with van der Waals surface area (Å²) in [5.74, 6) is -0.0331. The van der Waals surface area contributed by atoms with E-state index in [1.54, 1.807) is 18.2 Å². The van der Waals surface area contributed by atoms with Crippen molar-refractivity contribution in [2.24, 2.45) is 5.73 Å². The largest absolute Gasteiger partial charge is 0.487 e. The number of anilines is 1. The number of ether oxygens (including phenoxy) is 1. The van der Waals surface area contributed by atoms with Gasteiger partial charge in [0.2, 0.25) is 5.91 Å². The molecule has 2 rings (SSSR count). The SMILES string of the molecule is NC(=O)c1ccc(OCc2ccccc2Cl)c(N)c1. The van der Waals surface area contributed by atoms with Crippen LogP contribution in [0, 0.1) is 0 Å². The molecule has 0 saturated carbocycles. The van der Waals surface area contributed by atoms with Crippen LogP contribution in [-0.4, -0.2) is 5.91 Å². The zero-order valence-corrected chi connectivity index (χ0v) is 10.9. The van der Waals surface area contributed by atoms with Crippen molar-refractivity contribution in [2.75, 3.05) is 5.73 Å². The quantitative estimate of drug-likeness (QED) is 0.843. The molecule has 0 aliphatic heterocycles. The zero-order chi connectivity index (χ0) is 13.8. The Morgan fingerprint density at radius 2 is 1.95 bits per heavy atom. The Hall–Kier alpha value is -2.20. The molecule has 0 bridgehead atoms. The summed E-state index contributed by atoms with van der Waals surface area (Å²) in [6, 6.07) is 12.1. The van der Waals surface area contributed by atoms with Crippen LogP contribution in [-0.2, 0) is 6.61 Å². The molecule has 1 amide bonds. The minimum Gasteiger partial charge on any atom is -0.487 e. The maximum Gasteiger partial charge on any atom is 0.248 e. The molecule has 0 aliphatic carbocycles. The van der Waals surface area contributed by atoms with E-state index in [9.17, 15) is 4.79 Å². The van der Waals surface area contributed by atoms with Crippen molar-refractivity contribution in [3.8, 4) is 5.75 Å². The Bertz CT molecular complexity index is 614. The van der Waals surface area contributed by atoms with Crippen LogP contribution in [0.1, 0.15) is 15.9 Å². The molecule has 0 spiro atoms. The van der Waals surface area contributed by atoms with Crippen molar-refractivity contribution in [1.29, 1.82) is 0 Å². The van der Waals surface area contributed by atoms with Crippen LogP contribution < -0.4 is 16.2 Å². The number of primary amides is 1. The first-order valence-corrected chi connectivity index (χ1v) is 6.01. The Morgan fingerprint density at radius 1 is 1.21 bits per heavy atom. The van der Waals surface area contributed by atoms with Gasteiger partial charge in [0.25, 0.3) is 0 Å². The van der Waals surface area contributed by atoms with Gasteiger partial charge in [-0.3, -0.25) is 4.79 Å². The molecule has 0 atom stereocenters. The van der Waals surface area contributed by atoms with Gasteiger partial charge < -0.3 is 16.2 Å². The number of rotatable bonds is 4. The van der Waals surface area contributed by atoms with Gasteiger partial charge in [0, 0.05) is 16.1 Å². The van der Waals surface area contributed by atoms with E-state index in [1.165, 1.54) is 6.07 Å². The van der Waals surface area contributed by atoms with Crippen molar-refractivity contribution in [1.82, 2.24) is 0 Å². The van der Waals surface area contributed by atoms with Gasteiger partial charge in [0.05, 0.1) is 5.69 Å². The second kappa shape index (κ2) is 5.63. The predicted molar refractivity (Wildman–Crippen MR) is 75.2 cm³/mol. The van der Waals surface area contributed by atoms with Gasteiger partial charge in [-0.2, -0.15) is 0 Å². The summed E-state index contributed by atoms with van der Waals surface area (Å²) in [4.78, 5) is 11.0. The fraction of sp³-hybridized carbons (Fsp3) is 0.0714. The Labute approximate surface area is 115 Å². The maximum atomic E-state index is 11.0. The second-order valence-electron chi connectivity index (χ2n) is 4.00. The first-order chi connectivity index (χ1) is 9.08. The molecule has 4 nitrogen and oxygen atoms in total. The first-order valence-electron chi connectivity index (χ1n) is 5.63. The summed E-state index contributed by atoms with van der Waals surface area (Å²) in [5, 5.41) is 0.634. The van der Waals surface area contributed by atoms with E-state index >= 15 is 0 Å². The van der Waals surface area contributed by atoms with Gasteiger partial charge in [-0.25, -0.2) is 0 Å². The highest BCUT2D eigenvalue weighted by Gasteiger charge is 2.07. The standard InChI is InChI=1S/C14H13ClN2O2/c15-11-4-2-1-3-10(11)8-19-13-6-5-9(14(17)18)7-12(13)16/h1-7H,8,16H2,(H2,17,18). The lowest BCUT2D eigenvalue weighted by Gasteiger charge is -2.10. The van der Waals surface area contributed by atoms with Gasteiger partial charge in [-0.1, -0.05) is 29.8 Å². The number of nitrogen functional groups attached to an aromatic ring is 1. The van der Waals surface area contributed by atoms with E-state index in [1.807, 2.05) is 18.2 Å². The van der Waals surface area contributed by atoms with Crippen LogP contribution in [0.3, 0.4) is 0 Å². The smallest absolute Gasteiger partial charge is 0.248 e. The van der Waals surface area contributed by atoms with Crippen LogP contribution in [0.15, 0.2) is 42.5 Å². The summed E-state index contributed by atoms with van der Waals surface area (Å²) in [6.07, 6.45) is 0. The number of halogens is 1. The molecule has 4 N–H and O–H groups in total. The number of hydrogen-bond donors (Lipinski definition) is 2. The molecule has 0 fully saturated rings. The molecule has 98 valence electrons. The van der Waals surface area contributed by atoms with Crippen LogP contribution >= 0.6 is 11.6 Å². The second-order valence-corrected chi connectivity index (χ2v) is 4.40. The summed E-state index contributed by atoms with van der Waals surface area (Å²) in [6.45, 7) is 0.305. The molecule has 2 aromatic carbocycles. The Kier molecular flexibility index (Phi) is 3.92. The summed E-state index contributed by atoms with van der Waals surface area (Å²) < 4.78 is 5.58. The average Bonchev–Trinajstić information content (AvgIpc) is 2.39. The van der Waals surface area contributed by atoms with Gasteiger partial charge >= 0.3 is 0 Å². The van der Waals surface area contributed by atoms with Crippen molar-refractivity contribution >= 4 is 23.2 Å². The van der Waals surface area contributed by atoms with Crippen molar-refractivity contribution in [3.63, 3.8) is 0 Å². The van der Waals surface area contributed by atoms with E-state index in [0.29, 0.717) is 28.6 Å². The van der Waals surface area contributed by atoms with Gasteiger partial charge in [-0.05, 0) is 24.3 Å². The molecular formula is C14H13ClN2O2. The normalized spacial score (nSPS) is 10.2. The van der Waals surface area contributed by atoms with E-state index in [2.05, 4.69) is 0 Å². The molecule has 5 heteroatoms. The summed E-state index contributed by atoms with van der Waals surface area (Å²) in [7, 11) is 0. The van der Waals surface area contributed by atoms with Crippen LogP contribution in [0.2, 0.25) is 5.02 Å². The van der Waals surface area contributed by atoms with Gasteiger partial charge in [-0.15, -0.1) is 0 Å². The number of hydrogen-bond acceptors (Lipinski definition) is 3. The number of nitrogens with two attached hydrogens (primary N) is 2. The van der Waals surface area contributed by atoms with Crippen molar-refractivity contribution in [2.45, 2.75) is 6.61 Å². The van der Waals surface area contributed by atoms with Gasteiger partial charge in [0.15, 0.2) is 0 Å². The molecular weight excluding hydrogens is 264 g/mol. The fourth-order valence-electron chi connectivity index (χ4n) is 1.60. The molecule has 0 saturated heterocycles. The van der Waals surface area contributed by atoms with Crippen molar-refractivity contribution in [3.05, 3.63) is 58.6 Å². The molecule has 2 aromatic rings. The van der Waals surface area contributed by atoms with Crippen LogP contribution in [0.25, 0.3) is 0 Å². The highest BCUT2D eigenvalue weighted by Crippen LogP contribution is 2.24. The highest BCUT2D eigenvalue weighted by molar-refractivity contribution is 6.31. The highest BCUT2D eigenvalue weighted by atomic mass is 35.5. The number of amides is 1. The van der Waals surface area contributed by atoms with E-state index in [0.717, 1.165) is 5.56 Å². The fourth-order valence-corrected chi connectivity index (χ4v) is 1.79. The molecule has 0 unspecified atom stereocenters. The Morgan fingerprint density at radius 3 is 2.58 bits per heavy atom. The Balaban J connectivity index is 2.12. The molecule has 0 radical (unpaired) electrons. The predicted octanol–water partition coefficient (Wildman–Crippen LogP) is 2.60. The minimum absolute atomic E-state index is 0.305. The van der Waals surface area contributed by atoms with E-state index < -0.39 is 5.91 Å². The van der Waals surface area contributed by atoms with Crippen LogP contribution in [0.5, 0.6) is 5.75 Å². The molecule has 19 heavy (non-hydrogen) atoms. The van der Waals surface area contributed by atoms with E-state index in [-0.39, 0.29) is 0 Å². The average molecular weight is 277 g/mol. The number of benzene rings is 2. The maximum absolute atomic E-state index is 11.0. The third-order valence-corrected chi connectivity index (χ3v) is 3.00. The molecule has 0 aromatic heterocycles. The third-order valence-electron chi connectivity index (χ3n) is 2.64. The molecule has 0 heterocycles. The monoisotopic (exact) mass is 276 g/mol. The lowest BCUT2D eigenvalue weighted by atomic mass is 10.2. The summed E-state index contributed by atoms with van der Waals surface area (Å²) >= 11 is 6.02. The zero-order valence-electron chi connectivity index (χ0n) is 10.1. The lowest BCUT2D eigenvalue weighted by Crippen LogP contribution is -2.11. The third kappa shape index (κ3) is 3.17. The lowest BCUT2D eigenvalue weighted by molar-refractivity contribution is 0.100. The van der Waals surface area contributed by atoms with Crippen LogP contribution in [0.4, 0.5) is 5.69 Å². The number of carbonyl (C=O) groups is 1. The number of carbonyl (C=O) groups excluding carboxylic acids is 1. The van der Waals surface area contributed by atoms with Gasteiger partial charge in [0.1, 0.15) is 12.4 Å². The minimum atomic E-state index is -0.524. The summed E-state index contributed by atoms with van der Waals surface area (Å²) in [5.41, 5.74) is 12.5. The van der Waals surface area contributed by atoms with E-state index in [4.69, 9.17) is 27.8 Å².